The molecule has 1 saturated heterocycles. The Morgan fingerprint density at radius 3 is 2.26 bits per heavy atom. The first-order valence-electron chi connectivity index (χ1n) is 10.6. The molecule has 180 valence electrons. The van der Waals surface area contributed by atoms with Crippen LogP contribution in [-0.2, 0) is 27.2 Å². The molecule has 35 heavy (non-hydrogen) atoms. The van der Waals surface area contributed by atoms with Crippen molar-refractivity contribution in [3.63, 3.8) is 0 Å². The van der Waals surface area contributed by atoms with Gasteiger partial charge in [0.05, 0.1) is 0 Å². The molecule has 0 bridgehead atoms. The largest absolute Gasteiger partial charge is 0.480 e. The lowest BCUT2D eigenvalue weighted by atomic mass is 10.0. The lowest BCUT2D eigenvalue weighted by Gasteiger charge is -2.17. The van der Waals surface area contributed by atoms with E-state index in [1.54, 1.807) is 42.5 Å². The highest BCUT2D eigenvalue weighted by Crippen LogP contribution is 2.30. The molecule has 1 aliphatic rings. The SMILES string of the molecule is O=C1NC(=O)C(Cc2ccc(Oc3c(F)cc(CC(Nc4ccccc4)C(=O)O)cc3F)cc2)O1. The summed E-state index contributed by atoms with van der Waals surface area (Å²) in [4.78, 5) is 34.3. The van der Waals surface area contributed by atoms with E-state index in [0.29, 0.717) is 11.3 Å². The number of nitrogens with one attached hydrogen (secondary N) is 2. The first-order chi connectivity index (χ1) is 16.8. The highest BCUT2D eigenvalue weighted by Gasteiger charge is 2.32. The van der Waals surface area contributed by atoms with Gasteiger partial charge in [0, 0.05) is 18.5 Å². The van der Waals surface area contributed by atoms with Gasteiger partial charge >= 0.3 is 12.1 Å². The Morgan fingerprint density at radius 2 is 1.69 bits per heavy atom. The normalized spacial score (nSPS) is 15.8. The van der Waals surface area contributed by atoms with Gasteiger partial charge in [-0.25, -0.2) is 18.4 Å². The molecule has 0 radical (unpaired) electrons. The summed E-state index contributed by atoms with van der Waals surface area (Å²) in [5, 5.41) is 14.4. The van der Waals surface area contributed by atoms with E-state index < -0.39 is 47.5 Å². The maximum absolute atomic E-state index is 14.7. The fourth-order valence-corrected chi connectivity index (χ4v) is 3.55. The number of ether oxygens (including phenoxy) is 2. The van der Waals surface area contributed by atoms with Crippen molar-refractivity contribution in [3.8, 4) is 11.5 Å². The minimum atomic E-state index is -1.17. The van der Waals surface area contributed by atoms with E-state index in [0.717, 1.165) is 12.1 Å². The number of cyclic esters (lactones) is 1. The molecule has 0 aliphatic carbocycles. The molecule has 2 atom stereocenters. The molecule has 3 N–H and O–H groups in total. The maximum Gasteiger partial charge on any atom is 0.414 e. The summed E-state index contributed by atoms with van der Waals surface area (Å²) in [6.45, 7) is 0. The predicted octanol–water partition coefficient (Wildman–Crippen LogP) is 4.04. The number of amides is 2. The van der Waals surface area contributed by atoms with Crippen LogP contribution >= 0.6 is 0 Å². The molecule has 0 spiro atoms. The van der Waals surface area contributed by atoms with Gasteiger partial charge in [-0.05, 0) is 47.5 Å². The topological polar surface area (TPSA) is 114 Å². The van der Waals surface area contributed by atoms with Crippen molar-refractivity contribution >= 4 is 23.7 Å². The fraction of sp³-hybridized carbons (Fsp3) is 0.160. The molecule has 4 rings (SSSR count). The Labute approximate surface area is 198 Å². The second-order valence-electron chi connectivity index (χ2n) is 7.83. The number of aliphatic carboxylic acids is 1. The molecule has 1 aliphatic heterocycles. The van der Waals surface area contributed by atoms with Crippen LogP contribution in [-0.4, -0.2) is 35.2 Å². The second-order valence-corrected chi connectivity index (χ2v) is 7.83. The lowest BCUT2D eigenvalue weighted by molar-refractivity contribution is -0.137. The van der Waals surface area contributed by atoms with E-state index in [2.05, 4.69) is 5.32 Å². The molecule has 3 aromatic carbocycles. The van der Waals surface area contributed by atoms with Crippen LogP contribution in [0.1, 0.15) is 11.1 Å². The van der Waals surface area contributed by atoms with Crippen LogP contribution in [0, 0.1) is 11.6 Å². The smallest absolute Gasteiger partial charge is 0.414 e. The average Bonchev–Trinajstić information content (AvgIpc) is 3.14. The first kappa shape index (κ1) is 23.7. The number of para-hydroxylation sites is 1. The van der Waals surface area contributed by atoms with Gasteiger partial charge in [0.15, 0.2) is 23.5 Å². The minimum absolute atomic E-state index is 0.136. The molecular formula is C25H20F2N2O6. The number of hydrogen-bond acceptors (Lipinski definition) is 6. The number of imide groups is 1. The molecular weight excluding hydrogens is 462 g/mol. The number of halogens is 2. The minimum Gasteiger partial charge on any atom is -0.480 e. The Hall–Kier alpha value is -4.47. The Kier molecular flexibility index (Phi) is 6.91. The quantitative estimate of drug-likeness (QED) is 0.422. The number of alkyl carbamates (subject to hydrolysis) is 1. The van der Waals surface area contributed by atoms with Crippen molar-refractivity contribution in [1.29, 1.82) is 0 Å². The average molecular weight is 482 g/mol. The van der Waals surface area contributed by atoms with Gasteiger partial charge in [0.25, 0.3) is 5.91 Å². The highest BCUT2D eigenvalue weighted by molar-refractivity contribution is 6.00. The Bertz CT molecular complexity index is 1230. The maximum atomic E-state index is 14.7. The van der Waals surface area contributed by atoms with E-state index in [9.17, 15) is 28.3 Å². The third-order valence-electron chi connectivity index (χ3n) is 5.24. The number of carboxylic acids is 1. The molecule has 10 heteroatoms. The van der Waals surface area contributed by atoms with Crippen LogP contribution in [0.4, 0.5) is 19.3 Å². The highest BCUT2D eigenvalue weighted by atomic mass is 19.1. The van der Waals surface area contributed by atoms with Crippen molar-refractivity contribution < 1.29 is 37.7 Å². The van der Waals surface area contributed by atoms with Crippen LogP contribution < -0.4 is 15.4 Å². The van der Waals surface area contributed by atoms with Crippen LogP contribution in [0.3, 0.4) is 0 Å². The second kappa shape index (κ2) is 10.2. The van der Waals surface area contributed by atoms with Crippen LogP contribution in [0.15, 0.2) is 66.7 Å². The van der Waals surface area contributed by atoms with Gasteiger partial charge in [-0.2, -0.15) is 0 Å². The number of anilines is 1. The summed E-state index contributed by atoms with van der Waals surface area (Å²) in [7, 11) is 0. The summed E-state index contributed by atoms with van der Waals surface area (Å²) in [6.07, 6.45) is -1.77. The van der Waals surface area contributed by atoms with Crippen molar-refractivity contribution in [1.82, 2.24) is 5.32 Å². The number of carboxylic acid groups (broad SMARTS) is 1. The van der Waals surface area contributed by atoms with Crippen molar-refractivity contribution in [2.24, 2.45) is 0 Å². The van der Waals surface area contributed by atoms with Crippen molar-refractivity contribution in [2.75, 3.05) is 5.32 Å². The molecule has 3 aromatic rings. The number of hydrogen-bond donors (Lipinski definition) is 3. The Morgan fingerprint density at radius 1 is 1.03 bits per heavy atom. The van der Waals surface area contributed by atoms with E-state index in [-0.39, 0.29) is 24.2 Å². The van der Waals surface area contributed by atoms with Crippen LogP contribution in [0.25, 0.3) is 0 Å². The monoisotopic (exact) mass is 482 g/mol. The predicted molar refractivity (Wildman–Crippen MR) is 120 cm³/mol. The summed E-state index contributed by atoms with van der Waals surface area (Å²) in [6, 6.07) is 15.7. The zero-order valence-corrected chi connectivity index (χ0v) is 18.2. The molecule has 0 aromatic heterocycles. The van der Waals surface area contributed by atoms with E-state index in [1.165, 1.54) is 12.1 Å². The van der Waals surface area contributed by atoms with Crippen molar-refractivity contribution in [2.45, 2.75) is 25.0 Å². The first-order valence-corrected chi connectivity index (χ1v) is 10.6. The van der Waals surface area contributed by atoms with Gasteiger partial charge in [-0.1, -0.05) is 30.3 Å². The zero-order valence-electron chi connectivity index (χ0n) is 18.2. The van der Waals surface area contributed by atoms with Gasteiger partial charge in [0.2, 0.25) is 0 Å². The van der Waals surface area contributed by atoms with Gasteiger partial charge in [0.1, 0.15) is 11.8 Å². The Balaban J connectivity index is 1.43. The number of carbonyl (C=O) groups is 3. The lowest BCUT2D eigenvalue weighted by Crippen LogP contribution is -2.31. The van der Waals surface area contributed by atoms with Gasteiger partial charge in [-0.3, -0.25) is 10.1 Å². The summed E-state index contributed by atoms with van der Waals surface area (Å²) < 4.78 is 39.6. The van der Waals surface area contributed by atoms with E-state index >= 15 is 0 Å². The summed E-state index contributed by atoms with van der Waals surface area (Å²) >= 11 is 0. The molecule has 2 unspecified atom stereocenters. The number of carbonyl (C=O) groups excluding carboxylic acids is 2. The van der Waals surface area contributed by atoms with Crippen LogP contribution in [0.2, 0.25) is 0 Å². The van der Waals surface area contributed by atoms with Crippen molar-refractivity contribution in [3.05, 3.63) is 89.5 Å². The third kappa shape index (κ3) is 5.91. The number of benzene rings is 3. The summed E-state index contributed by atoms with van der Waals surface area (Å²) in [5.74, 6) is -4.16. The third-order valence-corrected chi connectivity index (χ3v) is 5.24. The standard InChI is InChI=1S/C25H20F2N2O6/c26-18-10-15(12-20(24(31)32)28-16-4-2-1-3-5-16)11-19(27)22(18)34-17-8-6-14(7-9-17)13-21-23(30)29-25(33)35-21/h1-11,20-21,28H,12-13H2,(H,31,32)(H,29,30,33). The van der Waals surface area contributed by atoms with E-state index in [1.807, 2.05) is 5.32 Å². The molecule has 0 saturated carbocycles. The van der Waals surface area contributed by atoms with Gasteiger partial charge < -0.3 is 19.9 Å². The molecule has 1 heterocycles. The number of rotatable bonds is 9. The van der Waals surface area contributed by atoms with Crippen LogP contribution in [0.5, 0.6) is 11.5 Å². The summed E-state index contributed by atoms with van der Waals surface area (Å²) in [5.41, 5.74) is 1.35. The van der Waals surface area contributed by atoms with Gasteiger partial charge in [-0.15, -0.1) is 0 Å². The zero-order chi connectivity index (χ0) is 24.9. The fourth-order valence-electron chi connectivity index (χ4n) is 3.55. The molecule has 2 amide bonds. The molecule has 8 nitrogen and oxygen atoms in total. The molecule has 1 fully saturated rings. The van der Waals surface area contributed by atoms with E-state index in [4.69, 9.17) is 9.47 Å².